The lowest BCUT2D eigenvalue weighted by atomic mass is 10.2. The number of hydrogen-bond acceptors (Lipinski definition) is 1. The van der Waals surface area contributed by atoms with Crippen LogP contribution in [-0.2, 0) is 0 Å². The SMILES string of the molecule is Fc1c(F)c(F)c2co[c]c2c1F. The number of benzene rings is 1. The Morgan fingerprint density at radius 1 is 0.923 bits per heavy atom. The first-order valence-corrected chi connectivity index (χ1v) is 3.23. The molecule has 67 valence electrons. The molecule has 1 radical (unpaired) electrons. The molecule has 1 aromatic carbocycles. The molecule has 0 aliphatic heterocycles. The molecule has 0 fully saturated rings. The van der Waals surface area contributed by atoms with Gasteiger partial charge < -0.3 is 4.42 Å². The van der Waals surface area contributed by atoms with Gasteiger partial charge in [-0.2, -0.15) is 0 Å². The van der Waals surface area contributed by atoms with Crippen LogP contribution in [0.3, 0.4) is 0 Å². The zero-order chi connectivity index (χ0) is 9.59. The number of rotatable bonds is 0. The van der Waals surface area contributed by atoms with E-state index in [1.807, 2.05) is 6.26 Å². The highest BCUT2D eigenvalue weighted by Gasteiger charge is 2.21. The average Bonchev–Trinajstić information content (AvgIpc) is 2.59. The molecule has 13 heavy (non-hydrogen) atoms. The van der Waals surface area contributed by atoms with Crippen LogP contribution in [0.15, 0.2) is 10.7 Å². The van der Waals surface area contributed by atoms with E-state index in [-0.39, 0.29) is 0 Å². The first kappa shape index (κ1) is 8.10. The van der Waals surface area contributed by atoms with Crippen LogP contribution in [0.2, 0.25) is 0 Å². The van der Waals surface area contributed by atoms with E-state index in [2.05, 4.69) is 4.42 Å². The van der Waals surface area contributed by atoms with Gasteiger partial charge in [0.2, 0.25) is 0 Å². The summed E-state index contributed by atoms with van der Waals surface area (Å²) < 4.78 is 55.0. The molecular weight excluding hydrogens is 188 g/mol. The third-order valence-electron chi connectivity index (χ3n) is 1.64. The van der Waals surface area contributed by atoms with Crippen molar-refractivity contribution < 1.29 is 22.0 Å². The molecule has 0 N–H and O–H groups in total. The van der Waals surface area contributed by atoms with Gasteiger partial charge in [-0.1, -0.05) is 0 Å². The van der Waals surface area contributed by atoms with Crippen molar-refractivity contribution in [2.75, 3.05) is 0 Å². The van der Waals surface area contributed by atoms with Crippen molar-refractivity contribution in [1.29, 1.82) is 0 Å². The van der Waals surface area contributed by atoms with E-state index >= 15 is 0 Å². The van der Waals surface area contributed by atoms with Gasteiger partial charge in [0.1, 0.15) is 6.26 Å². The molecule has 0 saturated carbocycles. The van der Waals surface area contributed by atoms with E-state index in [9.17, 15) is 17.6 Å². The molecule has 0 bridgehead atoms. The minimum atomic E-state index is -1.86. The minimum absolute atomic E-state index is 0.462. The standard InChI is InChI=1S/C8HF4O/c9-5-3-1-13-2-4(3)6(10)8(12)7(5)11/h1H. The van der Waals surface area contributed by atoms with Gasteiger partial charge in [0, 0.05) is 0 Å². The van der Waals surface area contributed by atoms with Crippen LogP contribution in [0.25, 0.3) is 10.8 Å². The van der Waals surface area contributed by atoms with Crippen molar-refractivity contribution in [3.8, 4) is 0 Å². The summed E-state index contributed by atoms with van der Waals surface area (Å²) >= 11 is 0. The zero-order valence-corrected chi connectivity index (χ0v) is 6.00. The third kappa shape index (κ3) is 0.929. The highest BCUT2D eigenvalue weighted by Crippen LogP contribution is 2.26. The van der Waals surface area contributed by atoms with Gasteiger partial charge in [-0.05, 0) is 0 Å². The highest BCUT2D eigenvalue weighted by molar-refractivity contribution is 5.82. The average molecular weight is 189 g/mol. The third-order valence-corrected chi connectivity index (χ3v) is 1.64. The fourth-order valence-electron chi connectivity index (χ4n) is 1.01. The second-order valence-electron chi connectivity index (χ2n) is 2.38. The summed E-state index contributed by atoms with van der Waals surface area (Å²) in [6, 6.07) is 0. The van der Waals surface area contributed by atoms with Gasteiger partial charge in [0.05, 0.1) is 10.8 Å². The van der Waals surface area contributed by atoms with Gasteiger partial charge in [0.25, 0.3) is 0 Å². The van der Waals surface area contributed by atoms with Crippen molar-refractivity contribution in [3.05, 3.63) is 35.8 Å². The first-order chi connectivity index (χ1) is 6.13. The summed E-state index contributed by atoms with van der Waals surface area (Å²) in [6.45, 7) is 0. The van der Waals surface area contributed by atoms with E-state index in [1.165, 1.54) is 0 Å². The summed E-state index contributed by atoms with van der Waals surface area (Å²) in [5.74, 6) is -6.68. The lowest BCUT2D eigenvalue weighted by Crippen LogP contribution is -1.95. The number of furan rings is 1. The van der Waals surface area contributed by atoms with Crippen LogP contribution >= 0.6 is 0 Å². The Morgan fingerprint density at radius 2 is 1.54 bits per heavy atom. The predicted molar refractivity (Wildman–Crippen MR) is 34.9 cm³/mol. The Balaban J connectivity index is 3.02. The molecule has 0 spiro atoms. The molecule has 0 atom stereocenters. The molecule has 0 amide bonds. The van der Waals surface area contributed by atoms with E-state index in [0.29, 0.717) is 0 Å². The number of fused-ring (bicyclic) bond motifs is 1. The van der Waals surface area contributed by atoms with Crippen LogP contribution < -0.4 is 0 Å². The highest BCUT2D eigenvalue weighted by atomic mass is 19.2. The summed E-state index contributed by atoms with van der Waals surface area (Å²) in [5.41, 5.74) is 0. The largest absolute Gasteiger partial charge is 0.460 e. The summed E-state index contributed by atoms with van der Waals surface area (Å²) in [4.78, 5) is 0. The van der Waals surface area contributed by atoms with Crippen LogP contribution in [0.4, 0.5) is 17.6 Å². The molecule has 0 saturated heterocycles. The Hall–Kier alpha value is -1.52. The van der Waals surface area contributed by atoms with Crippen LogP contribution in [0.5, 0.6) is 0 Å². The maximum absolute atomic E-state index is 12.8. The Labute approximate surface area is 69.6 Å². The van der Waals surface area contributed by atoms with Crippen molar-refractivity contribution >= 4 is 10.8 Å². The Bertz CT molecular complexity index is 432. The van der Waals surface area contributed by atoms with Crippen LogP contribution in [0, 0.1) is 29.5 Å². The number of halogens is 4. The normalized spacial score (nSPS) is 11.1. The molecule has 0 aliphatic carbocycles. The van der Waals surface area contributed by atoms with Crippen LogP contribution in [-0.4, -0.2) is 0 Å². The molecule has 1 nitrogen and oxygen atoms in total. The van der Waals surface area contributed by atoms with Gasteiger partial charge in [-0.3, -0.25) is 0 Å². The summed E-state index contributed by atoms with van der Waals surface area (Å²) in [6.07, 6.45) is 2.66. The summed E-state index contributed by atoms with van der Waals surface area (Å²) in [5, 5.41) is -0.993. The van der Waals surface area contributed by atoms with Gasteiger partial charge >= 0.3 is 0 Å². The van der Waals surface area contributed by atoms with E-state index < -0.39 is 34.0 Å². The first-order valence-electron chi connectivity index (χ1n) is 3.23. The molecule has 0 unspecified atom stereocenters. The maximum atomic E-state index is 12.8. The van der Waals surface area contributed by atoms with Crippen molar-refractivity contribution in [2.24, 2.45) is 0 Å². The van der Waals surface area contributed by atoms with Crippen molar-refractivity contribution in [1.82, 2.24) is 0 Å². The second kappa shape index (κ2) is 2.48. The fraction of sp³-hybridized carbons (Fsp3) is 0. The smallest absolute Gasteiger partial charge is 0.198 e. The molecule has 0 aliphatic rings. The fourth-order valence-corrected chi connectivity index (χ4v) is 1.01. The van der Waals surface area contributed by atoms with Gasteiger partial charge in [-0.25, -0.2) is 17.6 Å². The topological polar surface area (TPSA) is 13.1 Å². The molecule has 2 rings (SSSR count). The Morgan fingerprint density at radius 3 is 2.23 bits per heavy atom. The quantitative estimate of drug-likeness (QED) is 0.353. The molecule has 1 heterocycles. The monoisotopic (exact) mass is 189 g/mol. The number of hydrogen-bond donors (Lipinski definition) is 0. The van der Waals surface area contributed by atoms with E-state index in [1.54, 1.807) is 0 Å². The molecular formula is C8HF4O. The minimum Gasteiger partial charge on any atom is -0.460 e. The Kier molecular flexibility index (Phi) is 1.55. The zero-order valence-electron chi connectivity index (χ0n) is 6.00. The van der Waals surface area contributed by atoms with E-state index in [0.717, 1.165) is 6.26 Å². The lowest BCUT2D eigenvalue weighted by Gasteiger charge is -1.97. The van der Waals surface area contributed by atoms with Crippen molar-refractivity contribution in [2.45, 2.75) is 0 Å². The second-order valence-corrected chi connectivity index (χ2v) is 2.38. The van der Waals surface area contributed by atoms with Gasteiger partial charge in [-0.15, -0.1) is 0 Å². The predicted octanol–water partition coefficient (Wildman–Crippen LogP) is 2.79. The molecule has 2 aromatic rings. The maximum Gasteiger partial charge on any atom is 0.198 e. The molecule has 1 aromatic heterocycles. The van der Waals surface area contributed by atoms with Crippen molar-refractivity contribution in [3.63, 3.8) is 0 Å². The van der Waals surface area contributed by atoms with Gasteiger partial charge in [0.15, 0.2) is 29.5 Å². The van der Waals surface area contributed by atoms with Crippen LogP contribution in [0.1, 0.15) is 0 Å². The molecule has 5 heteroatoms. The summed E-state index contributed by atoms with van der Waals surface area (Å²) in [7, 11) is 0. The van der Waals surface area contributed by atoms with E-state index in [4.69, 9.17) is 0 Å². The lowest BCUT2D eigenvalue weighted by molar-refractivity contribution is 0.418.